The number of aryl methyl sites for hydroxylation is 1. The van der Waals surface area contributed by atoms with E-state index in [4.69, 9.17) is 9.15 Å². The molecular weight excluding hydrogens is 276 g/mol. The van der Waals surface area contributed by atoms with Gasteiger partial charge in [-0.25, -0.2) is 0 Å². The lowest BCUT2D eigenvalue weighted by atomic mass is 9.54. The van der Waals surface area contributed by atoms with Gasteiger partial charge in [0.1, 0.15) is 0 Å². The number of rotatable bonds is 3. The number of Topliss-reactive ketones (excluding diaryl/α,β-unsaturated/α-hetero) is 1. The van der Waals surface area contributed by atoms with Crippen molar-refractivity contribution >= 4 is 5.78 Å². The van der Waals surface area contributed by atoms with Crippen molar-refractivity contribution in [1.29, 1.82) is 0 Å². The van der Waals surface area contributed by atoms with Crippen LogP contribution in [-0.2, 0) is 4.74 Å². The van der Waals surface area contributed by atoms with Crippen LogP contribution in [0.4, 0.5) is 0 Å². The van der Waals surface area contributed by atoms with Gasteiger partial charge < -0.3 is 9.15 Å². The number of hydrogen-bond acceptors (Lipinski definition) is 3. The molecule has 1 aromatic rings. The van der Waals surface area contributed by atoms with Crippen molar-refractivity contribution in [3.63, 3.8) is 0 Å². The van der Waals surface area contributed by atoms with Gasteiger partial charge in [-0.15, -0.1) is 0 Å². The van der Waals surface area contributed by atoms with Crippen molar-refractivity contribution in [3.05, 3.63) is 23.2 Å². The van der Waals surface area contributed by atoms with E-state index in [9.17, 15) is 4.79 Å². The zero-order valence-corrected chi connectivity index (χ0v) is 14.4. The van der Waals surface area contributed by atoms with Crippen LogP contribution in [0.1, 0.15) is 74.7 Å². The SMILES string of the molecule is Cc1coc2c1[C@@H](OCC(C)C)[C@]1(C)[C@@H](C)CCC[C@H]1C2=O. The van der Waals surface area contributed by atoms with Gasteiger partial charge in [-0.2, -0.15) is 0 Å². The number of carbonyl (C=O) groups excluding carboxylic acids is 1. The molecule has 3 rings (SSSR count). The molecular formula is C19H28O3. The van der Waals surface area contributed by atoms with Gasteiger partial charge in [-0.05, 0) is 30.7 Å². The number of carbonyl (C=O) groups is 1. The molecule has 122 valence electrons. The lowest BCUT2D eigenvalue weighted by Gasteiger charge is -2.52. The second-order valence-corrected chi connectivity index (χ2v) is 7.88. The van der Waals surface area contributed by atoms with Crippen molar-refractivity contribution in [1.82, 2.24) is 0 Å². The normalized spacial score (nSPS) is 34.6. The Hall–Kier alpha value is -1.09. The molecule has 1 heterocycles. The summed E-state index contributed by atoms with van der Waals surface area (Å²) >= 11 is 0. The largest absolute Gasteiger partial charge is 0.461 e. The van der Waals surface area contributed by atoms with Gasteiger partial charge in [0.2, 0.25) is 5.78 Å². The molecule has 0 radical (unpaired) electrons. The number of hydrogen-bond donors (Lipinski definition) is 0. The molecule has 2 aliphatic rings. The van der Waals surface area contributed by atoms with Gasteiger partial charge in [0, 0.05) is 23.5 Å². The van der Waals surface area contributed by atoms with Gasteiger partial charge in [-0.1, -0.05) is 40.5 Å². The van der Waals surface area contributed by atoms with Gasteiger partial charge in [0.05, 0.1) is 12.4 Å². The third-order valence-corrected chi connectivity index (χ3v) is 5.93. The highest BCUT2D eigenvalue weighted by Gasteiger charge is 2.57. The molecule has 3 nitrogen and oxygen atoms in total. The molecule has 0 aliphatic heterocycles. The molecule has 1 saturated carbocycles. The maximum atomic E-state index is 12.9. The predicted molar refractivity (Wildman–Crippen MR) is 85.9 cm³/mol. The Balaban J connectivity index is 2.10. The Kier molecular flexibility index (Phi) is 3.96. The van der Waals surface area contributed by atoms with E-state index in [1.807, 2.05) is 6.92 Å². The summed E-state index contributed by atoms with van der Waals surface area (Å²) in [6.45, 7) is 11.6. The molecule has 0 unspecified atom stereocenters. The third kappa shape index (κ3) is 2.17. The molecule has 4 atom stereocenters. The fraction of sp³-hybridized carbons (Fsp3) is 0.737. The van der Waals surface area contributed by atoms with Crippen LogP contribution in [0.2, 0.25) is 0 Å². The zero-order chi connectivity index (χ0) is 16.1. The van der Waals surface area contributed by atoms with Crippen molar-refractivity contribution in [2.24, 2.45) is 23.2 Å². The Morgan fingerprint density at radius 3 is 2.82 bits per heavy atom. The fourth-order valence-electron chi connectivity index (χ4n) is 4.44. The summed E-state index contributed by atoms with van der Waals surface area (Å²) in [5.41, 5.74) is 1.94. The van der Waals surface area contributed by atoms with Crippen LogP contribution < -0.4 is 0 Å². The van der Waals surface area contributed by atoms with E-state index in [2.05, 4.69) is 27.7 Å². The summed E-state index contributed by atoms with van der Waals surface area (Å²) in [7, 11) is 0. The molecule has 0 aromatic carbocycles. The standard InChI is InChI=1S/C19H28O3/c1-11(2)9-22-18-15-12(3)10-21-17(15)16(20)14-8-6-7-13(4)19(14,18)5/h10-11,13-14,18H,6-9H2,1-5H3/t13-,14-,18+,19+/m0/s1. The lowest BCUT2D eigenvalue weighted by molar-refractivity contribution is -0.112. The summed E-state index contributed by atoms with van der Waals surface area (Å²) in [5.74, 6) is 1.75. The van der Waals surface area contributed by atoms with E-state index in [0.29, 0.717) is 17.6 Å². The van der Waals surface area contributed by atoms with E-state index >= 15 is 0 Å². The van der Waals surface area contributed by atoms with Gasteiger partial charge in [0.15, 0.2) is 5.76 Å². The number of fused-ring (bicyclic) bond motifs is 2. The molecule has 3 heteroatoms. The summed E-state index contributed by atoms with van der Waals surface area (Å²) < 4.78 is 12.0. The topological polar surface area (TPSA) is 39.4 Å². The first-order chi connectivity index (χ1) is 10.4. The average molecular weight is 304 g/mol. The van der Waals surface area contributed by atoms with Crippen LogP contribution >= 0.6 is 0 Å². The molecule has 0 bridgehead atoms. The second-order valence-electron chi connectivity index (χ2n) is 7.88. The van der Waals surface area contributed by atoms with Crippen LogP contribution in [0.25, 0.3) is 0 Å². The molecule has 22 heavy (non-hydrogen) atoms. The van der Waals surface area contributed by atoms with E-state index in [0.717, 1.165) is 30.6 Å². The Labute approximate surface area is 133 Å². The molecule has 2 aliphatic carbocycles. The van der Waals surface area contributed by atoms with Crippen molar-refractivity contribution in [2.45, 2.75) is 60.0 Å². The fourth-order valence-corrected chi connectivity index (χ4v) is 4.44. The van der Waals surface area contributed by atoms with E-state index in [1.165, 1.54) is 6.42 Å². The summed E-state index contributed by atoms with van der Waals surface area (Å²) in [5, 5.41) is 0. The highest BCUT2D eigenvalue weighted by Crippen LogP contribution is 2.59. The smallest absolute Gasteiger partial charge is 0.202 e. The highest BCUT2D eigenvalue weighted by molar-refractivity contribution is 5.99. The van der Waals surface area contributed by atoms with Crippen molar-refractivity contribution in [2.75, 3.05) is 6.61 Å². The summed E-state index contributed by atoms with van der Waals surface area (Å²) in [6.07, 6.45) is 4.95. The third-order valence-electron chi connectivity index (χ3n) is 5.93. The first-order valence-electron chi connectivity index (χ1n) is 8.61. The molecule has 0 spiro atoms. The van der Waals surface area contributed by atoms with Crippen LogP contribution in [0.5, 0.6) is 0 Å². The summed E-state index contributed by atoms with van der Waals surface area (Å²) in [6, 6.07) is 0. The Morgan fingerprint density at radius 2 is 2.14 bits per heavy atom. The minimum absolute atomic E-state index is 0.0263. The quantitative estimate of drug-likeness (QED) is 0.794. The molecule has 1 aromatic heterocycles. The lowest BCUT2D eigenvalue weighted by Crippen LogP contribution is -2.50. The molecule has 1 fully saturated rings. The van der Waals surface area contributed by atoms with Gasteiger partial charge in [-0.3, -0.25) is 4.79 Å². The first kappa shape index (κ1) is 15.8. The second kappa shape index (κ2) is 5.52. The van der Waals surface area contributed by atoms with E-state index in [-0.39, 0.29) is 23.2 Å². The zero-order valence-electron chi connectivity index (χ0n) is 14.4. The average Bonchev–Trinajstić information content (AvgIpc) is 2.83. The Bertz CT molecular complexity index is 571. The molecule has 0 amide bonds. The minimum atomic E-state index is -0.119. The molecule has 0 saturated heterocycles. The maximum Gasteiger partial charge on any atom is 0.202 e. The maximum absolute atomic E-state index is 12.9. The van der Waals surface area contributed by atoms with Gasteiger partial charge >= 0.3 is 0 Å². The van der Waals surface area contributed by atoms with Crippen LogP contribution in [0.3, 0.4) is 0 Å². The molecule has 0 N–H and O–H groups in total. The first-order valence-corrected chi connectivity index (χ1v) is 8.61. The van der Waals surface area contributed by atoms with Crippen LogP contribution in [0, 0.1) is 30.1 Å². The van der Waals surface area contributed by atoms with E-state index in [1.54, 1.807) is 6.26 Å². The highest BCUT2D eigenvalue weighted by atomic mass is 16.5. The van der Waals surface area contributed by atoms with Crippen LogP contribution in [-0.4, -0.2) is 12.4 Å². The summed E-state index contributed by atoms with van der Waals surface area (Å²) in [4.78, 5) is 12.9. The predicted octanol–water partition coefficient (Wildman–Crippen LogP) is 4.94. The van der Waals surface area contributed by atoms with Crippen LogP contribution in [0.15, 0.2) is 10.7 Å². The van der Waals surface area contributed by atoms with Crippen molar-refractivity contribution < 1.29 is 13.9 Å². The monoisotopic (exact) mass is 304 g/mol. The Morgan fingerprint density at radius 1 is 1.41 bits per heavy atom. The number of furan rings is 1. The van der Waals surface area contributed by atoms with Gasteiger partial charge in [0.25, 0.3) is 0 Å². The van der Waals surface area contributed by atoms with Crippen molar-refractivity contribution in [3.8, 4) is 0 Å². The number of ketones is 1. The number of ether oxygens (including phenoxy) is 1. The van der Waals surface area contributed by atoms with E-state index < -0.39 is 0 Å². The minimum Gasteiger partial charge on any atom is -0.461 e.